The molecule has 132 valence electrons. The molecule has 6 heteroatoms. The number of carbonyl (C=O) groups excluding carboxylic acids is 1. The Labute approximate surface area is 157 Å². The summed E-state index contributed by atoms with van der Waals surface area (Å²) < 4.78 is 6.51. The van der Waals surface area contributed by atoms with E-state index in [4.69, 9.17) is 17.0 Å². The van der Waals surface area contributed by atoms with Crippen molar-refractivity contribution in [2.24, 2.45) is 5.92 Å². The van der Waals surface area contributed by atoms with E-state index in [1.807, 2.05) is 6.07 Å². The van der Waals surface area contributed by atoms with E-state index < -0.39 is 0 Å². The summed E-state index contributed by atoms with van der Waals surface area (Å²) in [6.07, 6.45) is 5.67. The van der Waals surface area contributed by atoms with E-state index in [1.165, 1.54) is 12.8 Å². The first-order valence-electron chi connectivity index (χ1n) is 8.50. The molecule has 0 unspecified atom stereocenters. The molecule has 4 nitrogen and oxygen atoms in total. The lowest BCUT2D eigenvalue weighted by molar-refractivity contribution is 0.0976. The highest BCUT2D eigenvalue weighted by Crippen LogP contribution is 2.26. The predicted molar refractivity (Wildman–Crippen MR) is 105 cm³/mol. The van der Waals surface area contributed by atoms with Gasteiger partial charge in [-0.15, -0.1) is 0 Å². The number of halogens is 1. The monoisotopic (exact) mass is 412 g/mol. The van der Waals surface area contributed by atoms with Crippen LogP contribution in [0.3, 0.4) is 0 Å². The molecule has 1 saturated carbocycles. The summed E-state index contributed by atoms with van der Waals surface area (Å²) in [5.41, 5.74) is 0.550. The van der Waals surface area contributed by atoms with Crippen LogP contribution in [0, 0.1) is 5.92 Å². The Morgan fingerprint density at radius 2 is 2.08 bits per heavy atom. The SMILES string of the molecule is CC(C)CCOc1ccc(C(=O)NC(=S)NC2CCCC2)cc1Br. The van der Waals surface area contributed by atoms with Crippen molar-refractivity contribution in [3.8, 4) is 5.75 Å². The second-order valence-electron chi connectivity index (χ2n) is 6.59. The minimum atomic E-state index is -0.208. The maximum absolute atomic E-state index is 12.3. The van der Waals surface area contributed by atoms with Gasteiger partial charge in [0.2, 0.25) is 0 Å². The Bertz CT molecular complexity index is 586. The second-order valence-corrected chi connectivity index (χ2v) is 7.85. The normalized spacial score (nSPS) is 14.7. The van der Waals surface area contributed by atoms with Crippen LogP contribution < -0.4 is 15.4 Å². The van der Waals surface area contributed by atoms with Gasteiger partial charge in [-0.25, -0.2) is 0 Å². The molecular formula is C18H25BrN2O2S. The topological polar surface area (TPSA) is 50.4 Å². The van der Waals surface area contributed by atoms with Crippen LogP contribution in [0.4, 0.5) is 0 Å². The number of thiocarbonyl (C=S) groups is 1. The van der Waals surface area contributed by atoms with Crippen molar-refractivity contribution in [2.75, 3.05) is 6.61 Å². The van der Waals surface area contributed by atoms with Crippen LogP contribution in [0.5, 0.6) is 5.75 Å². The number of hydrogen-bond donors (Lipinski definition) is 2. The largest absolute Gasteiger partial charge is 0.492 e. The summed E-state index contributed by atoms with van der Waals surface area (Å²) in [6, 6.07) is 5.72. The number of amides is 1. The lowest BCUT2D eigenvalue weighted by Crippen LogP contribution is -2.43. The molecule has 0 spiro atoms. The Balaban J connectivity index is 1.87. The van der Waals surface area contributed by atoms with Crippen LogP contribution in [-0.2, 0) is 0 Å². The molecule has 1 aliphatic rings. The number of carbonyl (C=O) groups is 1. The third-order valence-corrected chi connectivity index (χ3v) is 4.90. The summed E-state index contributed by atoms with van der Waals surface area (Å²) in [4.78, 5) is 12.3. The van der Waals surface area contributed by atoms with Gasteiger partial charge in [-0.2, -0.15) is 0 Å². The minimum absolute atomic E-state index is 0.208. The zero-order valence-electron chi connectivity index (χ0n) is 14.2. The van der Waals surface area contributed by atoms with Crippen molar-refractivity contribution in [3.05, 3.63) is 28.2 Å². The third-order valence-electron chi connectivity index (χ3n) is 4.06. The van der Waals surface area contributed by atoms with E-state index in [0.29, 0.717) is 29.2 Å². The molecule has 0 aromatic heterocycles. The number of hydrogen-bond acceptors (Lipinski definition) is 3. The molecule has 24 heavy (non-hydrogen) atoms. The van der Waals surface area contributed by atoms with Gasteiger partial charge in [-0.1, -0.05) is 26.7 Å². The molecule has 1 aliphatic carbocycles. The van der Waals surface area contributed by atoms with Crippen molar-refractivity contribution in [2.45, 2.75) is 52.0 Å². The van der Waals surface area contributed by atoms with E-state index in [1.54, 1.807) is 12.1 Å². The zero-order chi connectivity index (χ0) is 17.5. The van der Waals surface area contributed by atoms with E-state index >= 15 is 0 Å². The van der Waals surface area contributed by atoms with Gasteiger partial charge in [-0.3, -0.25) is 10.1 Å². The molecule has 1 aromatic rings. The maximum Gasteiger partial charge on any atom is 0.257 e. The van der Waals surface area contributed by atoms with E-state index in [2.05, 4.69) is 40.4 Å². The predicted octanol–water partition coefficient (Wildman–Crippen LogP) is 4.42. The highest BCUT2D eigenvalue weighted by Gasteiger charge is 2.17. The fraction of sp³-hybridized carbons (Fsp3) is 0.556. The van der Waals surface area contributed by atoms with Crippen molar-refractivity contribution >= 4 is 39.2 Å². The molecular weight excluding hydrogens is 388 g/mol. The zero-order valence-corrected chi connectivity index (χ0v) is 16.6. The summed E-state index contributed by atoms with van der Waals surface area (Å²) in [5.74, 6) is 1.14. The van der Waals surface area contributed by atoms with Crippen LogP contribution >= 0.6 is 28.1 Å². The molecule has 0 atom stereocenters. The molecule has 0 radical (unpaired) electrons. The Kier molecular flexibility index (Phi) is 7.49. The number of nitrogens with one attached hydrogen (secondary N) is 2. The van der Waals surface area contributed by atoms with Crippen molar-refractivity contribution in [1.82, 2.24) is 10.6 Å². The molecule has 0 bridgehead atoms. The molecule has 2 rings (SSSR count). The van der Waals surface area contributed by atoms with E-state index in [0.717, 1.165) is 29.5 Å². The van der Waals surface area contributed by atoms with Gasteiger partial charge in [0.25, 0.3) is 5.91 Å². The van der Waals surface area contributed by atoms with Gasteiger partial charge < -0.3 is 10.1 Å². The van der Waals surface area contributed by atoms with Gasteiger partial charge in [0.1, 0.15) is 5.75 Å². The summed E-state index contributed by atoms with van der Waals surface area (Å²) >= 11 is 8.69. The first-order chi connectivity index (χ1) is 11.5. The average molecular weight is 413 g/mol. The highest BCUT2D eigenvalue weighted by molar-refractivity contribution is 9.10. The van der Waals surface area contributed by atoms with Gasteiger partial charge in [-0.05, 0) is 71.5 Å². The Hall–Kier alpha value is -1.14. The minimum Gasteiger partial charge on any atom is -0.492 e. The quantitative estimate of drug-likeness (QED) is 0.678. The molecule has 0 aliphatic heterocycles. The van der Waals surface area contributed by atoms with Gasteiger partial charge >= 0.3 is 0 Å². The summed E-state index contributed by atoms with van der Waals surface area (Å²) in [6.45, 7) is 4.99. The fourth-order valence-corrected chi connectivity index (χ4v) is 3.38. The first kappa shape index (κ1) is 19.2. The van der Waals surface area contributed by atoms with Crippen molar-refractivity contribution in [3.63, 3.8) is 0 Å². The average Bonchev–Trinajstić information content (AvgIpc) is 3.01. The standard InChI is InChI=1S/C18H25BrN2O2S/c1-12(2)9-10-23-16-8-7-13(11-15(16)19)17(22)21-18(24)20-14-5-3-4-6-14/h7-8,11-12,14H,3-6,9-10H2,1-2H3,(H2,20,21,22,24). The smallest absolute Gasteiger partial charge is 0.257 e. The Morgan fingerprint density at radius 3 is 2.71 bits per heavy atom. The van der Waals surface area contributed by atoms with Gasteiger partial charge in [0, 0.05) is 11.6 Å². The lowest BCUT2D eigenvalue weighted by Gasteiger charge is -2.15. The second kappa shape index (κ2) is 9.37. The highest BCUT2D eigenvalue weighted by atomic mass is 79.9. The van der Waals surface area contributed by atoms with Crippen LogP contribution in [0.1, 0.15) is 56.3 Å². The maximum atomic E-state index is 12.3. The summed E-state index contributed by atoms with van der Waals surface area (Å²) in [7, 11) is 0. The number of benzene rings is 1. The number of rotatable bonds is 6. The summed E-state index contributed by atoms with van der Waals surface area (Å²) in [5, 5.41) is 6.36. The van der Waals surface area contributed by atoms with E-state index in [9.17, 15) is 4.79 Å². The first-order valence-corrected chi connectivity index (χ1v) is 9.70. The molecule has 1 fully saturated rings. The molecule has 0 saturated heterocycles. The van der Waals surface area contributed by atoms with E-state index in [-0.39, 0.29) is 5.91 Å². The Morgan fingerprint density at radius 1 is 1.38 bits per heavy atom. The molecule has 1 amide bonds. The molecule has 1 aromatic carbocycles. The van der Waals surface area contributed by atoms with Crippen LogP contribution in [0.25, 0.3) is 0 Å². The lowest BCUT2D eigenvalue weighted by atomic mass is 10.1. The van der Waals surface area contributed by atoms with Crippen molar-refractivity contribution < 1.29 is 9.53 Å². The number of ether oxygens (including phenoxy) is 1. The fourth-order valence-electron chi connectivity index (χ4n) is 2.63. The molecule has 0 heterocycles. The van der Waals surface area contributed by atoms with Gasteiger partial charge in [0.15, 0.2) is 5.11 Å². The van der Waals surface area contributed by atoms with Crippen LogP contribution in [0.2, 0.25) is 0 Å². The molecule has 2 N–H and O–H groups in total. The van der Waals surface area contributed by atoms with Crippen LogP contribution in [0.15, 0.2) is 22.7 Å². The van der Waals surface area contributed by atoms with Gasteiger partial charge in [0.05, 0.1) is 11.1 Å². The van der Waals surface area contributed by atoms with Crippen molar-refractivity contribution in [1.29, 1.82) is 0 Å². The third kappa shape index (κ3) is 6.06. The van der Waals surface area contributed by atoms with Crippen LogP contribution in [-0.4, -0.2) is 23.7 Å².